The Morgan fingerprint density at radius 2 is 1.48 bits per heavy atom. The van der Waals surface area contributed by atoms with Crippen LogP contribution in [0.25, 0.3) is 0 Å². The molecule has 0 saturated carbocycles. The summed E-state index contributed by atoms with van der Waals surface area (Å²) in [5, 5.41) is 9.22. The van der Waals surface area contributed by atoms with Gasteiger partial charge in [-0.15, -0.1) is 0 Å². The number of hydrogen-bond acceptors (Lipinski definition) is 6. The molecule has 0 aromatic heterocycles. The minimum Gasteiger partial charge on any atom is -0.508 e. The zero-order valence-corrected chi connectivity index (χ0v) is 12.8. The maximum Gasteiger partial charge on any atom is 0.404 e. The highest BCUT2D eigenvalue weighted by atomic mass is 32.2. The summed E-state index contributed by atoms with van der Waals surface area (Å²) in [6.45, 7) is 0.107. The standard InChI is InChI=1S/C15H15NO6S/c16-15(18)22-10-9-21-12-3-7-14(8-4-12)23(19,20)13-5-1-11(17)2-6-13/h1-8,17H,9-10H2,(H2,16,18). The molecule has 0 saturated heterocycles. The van der Waals surface area contributed by atoms with Crippen LogP contribution in [-0.2, 0) is 14.6 Å². The molecule has 0 unspecified atom stereocenters. The molecule has 0 fully saturated rings. The summed E-state index contributed by atoms with van der Waals surface area (Å²) in [7, 11) is -3.66. The molecule has 0 aliphatic heterocycles. The lowest BCUT2D eigenvalue weighted by Gasteiger charge is -2.08. The van der Waals surface area contributed by atoms with E-state index in [4.69, 9.17) is 10.5 Å². The monoisotopic (exact) mass is 337 g/mol. The molecule has 2 aromatic carbocycles. The average molecular weight is 337 g/mol. The molecule has 0 heterocycles. The van der Waals surface area contributed by atoms with Gasteiger partial charge in [-0.2, -0.15) is 0 Å². The number of primary amides is 1. The van der Waals surface area contributed by atoms with Gasteiger partial charge in [0.1, 0.15) is 24.7 Å². The topological polar surface area (TPSA) is 116 Å². The molecule has 122 valence electrons. The van der Waals surface area contributed by atoms with Crippen molar-refractivity contribution in [3.63, 3.8) is 0 Å². The van der Waals surface area contributed by atoms with Crippen LogP contribution in [0.15, 0.2) is 58.3 Å². The van der Waals surface area contributed by atoms with Crippen LogP contribution in [0.5, 0.6) is 11.5 Å². The number of carbonyl (C=O) groups excluding carboxylic acids is 1. The Morgan fingerprint density at radius 1 is 0.957 bits per heavy atom. The number of hydrogen-bond donors (Lipinski definition) is 2. The normalized spacial score (nSPS) is 11.0. The van der Waals surface area contributed by atoms with E-state index in [9.17, 15) is 18.3 Å². The number of rotatable bonds is 6. The summed E-state index contributed by atoms with van der Waals surface area (Å²) in [6.07, 6.45) is -0.885. The molecule has 7 nitrogen and oxygen atoms in total. The van der Waals surface area contributed by atoms with E-state index in [1.54, 1.807) is 0 Å². The van der Waals surface area contributed by atoms with E-state index in [0.717, 1.165) is 0 Å². The first-order valence-corrected chi connectivity index (χ1v) is 8.07. The first-order chi connectivity index (χ1) is 10.9. The van der Waals surface area contributed by atoms with Gasteiger partial charge in [-0.05, 0) is 48.5 Å². The predicted octanol–water partition coefficient (Wildman–Crippen LogP) is 1.70. The van der Waals surface area contributed by atoms with Gasteiger partial charge < -0.3 is 20.3 Å². The summed E-state index contributed by atoms with van der Waals surface area (Å²) in [4.78, 5) is 10.6. The average Bonchev–Trinajstić information content (AvgIpc) is 2.52. The summed E-state index contributed by atoms with van der Waals surface area (Å²) in [5.74, 6) is 0.425. The quantitative estimate of drug-likeness (QED) is 0.775. The maximum absolute atomic E-state index is 12.4. The van der Waals surface area contributed by atoms with Gasteiger partial charge >= 0.3 is 6.09 Å². The fourth-order valence-electron chi connectivity index (χ4n) is 1.78. The van der Waals surface area contributed by atoms with E-state index in [-0.39, 0.29) is 28.8 Å². The number of phenols is 1. The molecule has 0 spiro atoms. The molecule has 0 atom stereocenters. The van der Waals surface area contributed by atoms with E-state index in [0.29, 0.717) is 5.75 Å². The van der Waals surface area contributed by atoms with Gasteiger partial charge in [0.25, 0.3) is 0 Å². The zero-order valence-electron chi connectivity index (χ0n) is 12.0. The summed E-state index contributed by atoms with van der Waals surface area (Å²) in [5.41, 5.74) is 4.81. The summed E-state index contributed by atoms with van der Waals surface area (Å²) in [6, 6.07) is 11.1. The number of sulfone groups is 1. The van der Waals surface area contributed by atoms with Gasteiger partial charge in [0, 0.05) is 0 Å². The number of ether oxygens (including phenoxy) is 2. The fourth-order valence-corrected chi connectivity index (χ4v) is 3.04. The van der Waals surface area contributed by atoms with E-state index < -0.39 is 15.9 Å². The molecule has 0 aliphatic carbocycles. The van der Waals surface area contributed by atoms with E-state index >= 15 is 0 Å². The van der Waals surface area contributed by atoms with Crippen molar-refractivity contribution in [2.75, 3.05) is 13.2 Å². The van der Waals surface area contributed by atoms with Crippen LogP contribution in [0.4, 0.5) is 4.79 Å². The molecule has 0 radical (unpaired) electrons. The molecular formula is C15H15NO6S. The number of phenolic OH excluding ortho intramolecular Hbond substituents is 1. The fraction of sp³-hybridized carbons (Fsp3) is 0.133. The number of benzene rings is 2. The Labute approximate surface area is 133 Å². The highest BCUT2D eigenvalue weighted by molar-refractivity contribution is 7.91. The van der Waals surface area contributed by atoms with Crippen LogP contribution in [0, 0.1) is 0 Å². The Kier molecular flexibility index (Phi) is 5.07. The highest BCUT2D eigenvalue weighted by Gasteiger charge is 2.17. The minimum atomic E-state index is -3.66. The van der Waals surface area contributed by atoms with Crippen LogP contribution in [-0.4, -0.2) is 32.8 Å². The first-order valence-electron chi connectivity index (χ1n) is 6.59. The predicted molar refractivity (Wildman–Crippen MR) is 81.0 cm³/mol. The Bertz CT molecular complexity index is 769. The molecule has 3 N–H and O–H groups in total. The molecule has 23 heavy (non-hydrogen) atoms. The van der Waals surface area contributed by atoms with Gasteiger partial charge in [-0.3, -0.25) is 0 Å². The van der Waals surface area contributed by atoms with Crippen LogP contribution < -0.4 is 10.5 Å². The third-order valence-corrected chi connectivity index (χ3v) is 4.66. The third kappa shape index (κ3) is 4.36. The Hall–Kier alpha value is -2.74. The van der Waals surface area contributed by atoms with Crippen molar-refractivity contribution >= 4 is 15.9 Å². The van der Waals surface area contributed by atoms with E-state index in [1.807, 2.05) is 0 Å². The van der Waals surface area contributed by atoms with Crippen molar-refractivity contribution in [1.29, 1.82) is 0 Å². The molecule has 0 aliphatic rings. The molecule has 2 aromatic rings. The molecular weight excluding hydrogens is 322 g/mol. The second-order valence-corrected chi connectivity index (χ2v) is 6.43. The van der Waals surface area contributed by atoms with Crippen molar-refractivity contribution in [3.05, 3.63) is 48.5 Å². The van der Waals surface area contributed by atoms with Crippen molar-refractivity contribution in [3.8, 4) is 11.5 Å². The summed E-state index contributed by atoms with van der Waals surface area (Å²) < 4.78 is 34.6. The Morgan fingerprint density at radius 3 is 2.00 bits per heavy atom. The smallest absolute Gasteiger partial charge is 0.404 e. The van der Waals surface area contributed by atoms with Crippen LogP contribution in [0.1, 0.15) is 0 Å². The lowest BCUT2D eigenvalue weighted by atomic mass is 10.3. The van der Waals surface area contributed by atoms with Crippen molar-refractivity contribution < 1.29 is 27.8 Å². The Balaban J connectivity index is 2.06. The number of aromatic hydroxyl groups is 1. The largest absolute Gasteiger partial charge is 0.508 e. The maximum atomic E-state index is 12.4. The van der Waals surface area contributed by atoms with Crippen LogP contribution in [0.2, 0.25) is 0 Å². The van der Waals surface area contributed by atoms with Crippen molar-refractivity contribution in [2.24, 2.45) is 5.73 Å². The van der Waals surface area contributed by atoms with Gasteiger partial charge in [-0.1, -0.05) is 0 Å². The van der Waals surface area contributed by atoms with E-state index in [1.165, 1.54) is 48.5 Å². The van der Waals surface area contributed by atoms with Gasteiger partial charge in [0.15, 0.2) is 0 Å². The SMILES string of the molecule is NC(=O)OCCOc1ccc(S(=O)(=O)c2ccc(O)cc2)cc1. The second kappa shape index (κ2) is 7.01. The summed E-state index contributed by atoms with van der Waals surface area (Å²) >= 11 is 0. The number of amides is 1. The number of carbonyl (C=O) groups is 1. The molecule has 0 bridgehead atoms. The molecule has 2 rings (SSSR count). The van der Waals surface area contributed by atoms with Crippen molar-refractivity contribution in [1.82, 2.24) is 0 Å². The van der Waals surface area contributed by atoms with Crippen molar-refractivity contribution in [2.45, 2.75) is 9.79 Å². The second-order valence-electron chi connectivity index (χ2n) is 4.48. The highest BCUT2D eigenvalue weighted by Crippen LogP contribution is 2.24. The van der Waals surface area contributed by atoms with Crippen LogP contribution in [0.3, 0.4) is 0 Å². The van der Waals surface area contributed by atoms with Gasteiger partial charge in [0.2, 0.25) is 9.84 Å². The minimum absolute atomic E-state index is 0.00287. The lowest BCUT2D eigenvalue weighted by molar-refractivity contribution is 0.134. The van der Waals surface area contributed by atoms with Gasteiger partial charge in [0.05, 0.1) is 9.79 Å². The lowest BCUT2D eigenvalue weighted by Crippen LogP contribution is -2.17. The van der Waals surface area contributed by atoms with Gasteiger partial charge in [-0.25, -0.2) is 13.2 Å². The first kappa shape index (κ1) is 16.6. The molecule has 8 heteroatoms. The third-order valence-electron chi connectivity index (χ3n) is 2.88. The van der Waals surface area contributed by atoms with E-state index in [2.05, 4.69) is 4.74 Å². The van der Waals surface area contributed by atoms with Crippen LogP contribution >= 0.6 is 0 Å². The zero-order chi connectivity index (χ0) is 16.9. The molecule has 1 amide bonds. The number of nitrogens with two attached hydrogens (primary N) is 1.